The quantitative estimate of drug-likeness (QED) is 0.342. The van der Waals surface area contributed by atoms with E-state index in [-0.39, 0.29) is 24.2 Å². The van der Waals surface area contributed by atoms with Gasteiger partial charge in [-0.2, -0.15) is 13.2 Å². The summed E-state index contributed by atoms with van der Waals surface area (Å²) in [5.74, 6) is -1.79. The normalized spacial score (nSPS) is 18.8. The molecule has 0 spiro atoms. The smallest absolute Gasteiger partial charge is 0.417 e. The topological polar surface area (TPSA) is 72.8 Å². The number of aliphatic hydroxyl groups is 1. The Hall–Kier alpha value is -1.31. The van der Waals surface area contributed by atoms with Gasteiger partial charge in [-0.05, 0) is 52.9 Å². The number of esters is 2. The molecule has 0 radical (unpaired) electrons. The van der Waals surface area contributed by atoms with Crippen molar-refractivity contribution in [2.75, 3.05) is 0 Å². The molecule has 0 saturated carbocycles. The number of carbonyl (C=O) groups excluding carboxylic acids is 2. The maximum Gasteiger partial charge on any atom is 0.417 e. The summed E-state index contributed by atoms with van der Waals surface area (Å²) in [4.78, 5) is 25.8. The molecule has 196 valence electrons. The lowest BCUT2D eigenvalue weighted by Gasteiger charge is -2.39. The summed E-state index contributed by atoms with van der Waals surface area (Å²) in [6, 6.07) is 0. The summed E-state index contributed by atoms with van der Waals surface area (Å²) >= 11 is 0. The Morgan fingerprint density at radius 3 is 1.76 bits per heavy atom. The number of halogens is 3. The minimum atomic E-state index is -4.85. The fraction of sp³-hybridized carbons (Fsp3) is 0.920. The van der Waals surface area contributed by atoms with E-state index in [1.54, 1.807) is 34.6 Å². The van der Waals surface area contributed by atoms with Crippen LogP contribution in [0.25, 0.3) is 0 Å². The molecule has 0 fully saturated rings. The maximum atomic E-state index is 13.2. The minimum absolute atomic E-state index is 0.0479. The number of hydrogen-bond donors (Lipinski definition) is 1. The molecular weight excluding hydrogens is 437 g/mol. The van der Waals surface area contributed by atoms with Crippen molar-refractivity contribution in [1.82, 2.24) is 0 Å². The van der Waals surface area contributed by atoms with E-state index in [0.29, 0.717) is 13.3 Å². The highest BCUT2D eigenvalue weighted by Crippen LogP contribution is 2.39. The monoisotopic (exact) mass is 482 g/mol. The Morgan fingerprint density at radius 2 is 1.39 bits per heavy atom. The van der Waals surface area contributed by atoms with E-state index in [4.69, 9.17) is 9.47 Å². The van der Waals surface area contributed by atoms with Crippen molar-refractivity contribution in [2.45, 2.75) is 125 Å². The van der Waals surface area contributed by atoms with Gasteiger partial charge in [0.05, 0.1) is 11.3 Å². The third-order valence-electron chi connectivity index (χ3n) is 6.84. The molecule has 0 amide bonds. The van der Waals surface area contributed by atoms with Crippen LogP contribution in [0.1, 0.15) is 102 Å². The Kier molecular flexibility index (Phi) is 10.5. The highest BCUT2D eigenvalue weighted by Gasteiger charge is 2.52. The van der Waals surface area contributed by atoms with Crippen molar-refractivity contribution in [3.8, 4) is 0 Å². The molecule has 5 nitrogen and oxygen atoms in total. The van der Waals surface area contributed by atoms with Gasteiger partial charge in [0.25, 0.3) is 0 Å². The van der Waals surface area contributed by atoms with E-state index in [9.17, 15) is 27.9 Å². The average molecular weight is 483 g/mol. The average Bonchev–Trinajstić information content (AvgIpc) is 2.57. The standard InChI is InChI=1S/C25H45F3O5/c1-12-23(10,14-17(4)19(29)33-22(8,9)21(5,6)7)20(30)32-18(13-16(2)3)15-24(11,31)25(26,27)28/h16-18,31H,12-15H2,1-11H3. The van der Waals surface area contributed by atoms with E-state index >= 15 is 0 Å². The van der Waals surface area contributed by atoms with Crippen molar-refractivity contribution < 1.29 is 37.3 Å². The van der Waals surface area contributed by atoms with Gasteiger partial charge in [0.15, 0.2) is 5.60 Å². The number of rotatable bonds is 11. The summed E-state index contributed by atoms with van der Waals surface area (Å²) in [7, 11) is 0. The summed E-state index contributed by atoms with van der Waals surface area (Å²) < 4.78 is 50.9. The van der Waals surface area contributed by atoms with E-state index in [1.165, 1.54) is 0 Å². The first-order valence-corrected chi connectivity index (χ1v) is 11.7. The molecule has 0 aromatic carbocycles. The van der Waals surface area contributed by atoms with Crippen molar-refractivity contribution in [1.29, 1.82) is 0 Å². The van der Waals surface area contributed by atoms with Crippen molar-refractivity contribution in [3.05, 3.63) is 0 Å². The molecule has 0 aromatic heterocycles. The summed E-state index contributed by atoms with van der Waals surface area (Å²) in [6.45, 7) is 18.9. The second kappa shape index (κ2) is 11.0. The van der Waals surface area contributed by atoms with Gasteiger partial charge in [-0.15, -0.1) is 0 Å². The summed E-state index contributed by atoms with van der Waals surface area (Å²) in [5, 5.41) is 9.92. The van der Waals surface area contributed by atoms with Crippen molar-refractivity contribution in [3.63, 3.8) is 0 Å². The van der Waals surface area contributed by atoms with Gasteiger partial charge in [0.2, 0.25) is 0 Å². The van der Waals surface area contributed by atoms with E-state index < -0.39 is 53.2 Å². The number of ether oxygens (including phenoxy) is 2. The van der Waals surface area contributed by atoms with Gasteiger partial charge in [-0.1, -0.05) is 48.5 Å². The van der Waals surface area contributed by atoms with Crippen LogP contribution in [0.3, 0.4) is 0 Å². The molecule has 0 aromatic rings. The van der Waals surface area contributed by atoms with Gasteiger partial charge in [0, 0.05) is 11.8 Å². The third kappa shape index (κ3) is 9.10. The largest absolute Gasteiger partial charge is 0.462 e. The van der Waals surface area contributed by atoms with Gasteiger partial charge < -0.3 is 14.6 Å². The molecule has 33 heavy (non-hydrogen) atoms. The Morgan fingerprint density at radius 1 is 0.909 bits per heavy atom. The first-order chi connectivity index (χ1) is 14.5. The molecule has 0 aliphatic rings. The van der Waals surface area contributed by atoms with Crippen LogP contribution in [0.2, 0.25) is 0 Å². The van der Waals surface area contributed by atoms with Crippen LogP contribution in [0.15, 0.2) is 0 Å². The molecule has 0 aliphatic carbocycles. The predicted octanol–water partition coefficient (Wildman–Crippen LogP) is 6.46. The Balaban J connectivity index is 5.53. The Labute approximate surface area is 197 Å². The highest BCUT2D eigenvalue weighted by atomic mass is 19.4. The zero-order chi connectivity index (χ0) is 26.6. The first-order valence-electron chi connectivity index (χ1n) is 11.7. The molecular formula is C25H45F3O5. The summed E-state index contributed by atoms with van der Waals surface area (Å²) in [5.41, 5.74) is -5.10. The molecule has 0 rings (SSSR count). The highest BCUT2D eigenvalue weighted by molar-refractivity contribution is 5.79. The van der Waals surface area contributed by atoms with Crippen molar-refractivity contribution >= 4 is 11.9 Å². The third-order valence-corrected chi connectivity index (χ3v) is 6.84. The van der Waals surface area contributed by atoms with E-state index in [2.05, 4.69) is 0 Å². The molecule has 0 saturated heterocycles. The van der Waals surface area contributed by atoms with Crippen LogP contribution in [-0.2, 0) is 19.1 Å². The first kappa shape index (κ1) is 31.7. The maximum absolute atomic E-state index is 13.2. The fourth-order valence-electron chi connectivity index (χ4n) is 3.19. The van der Waals surface area contributed by atoms with Gasteiger partial charge >= 0.3 is 18.1 Å². The molecule has 1 N–H and O–H groups in total. The number of carbonyl (C=O) groups is 2. The predicted molar refractivity (Wildman–Crippen MR) is 122 cm³/mol. The molecule has 0 bridgehead atoms. The van der Waals surface area contributed by atoms with Crippen LogP contribution < -0.4 is 0 Å². The van der Waals surface area contributed by atoms with Crippen LogP contribution in [0.5, 0.6) is 0 Å². The van der Waals surface area contributed by atoms with Crippen LogP contribution in [0, 0.1) is 22.7 Å². The number of alkyl halides is 3. The lowest BCUT2D eigenvalue weighted by Crippen LogP contribution is -2.46. The van der Waals surface area contributed by atoms with E-state index in [0.717, 1.165) is 0 Å². The lowest BCUT2D eigenvalue weighted by molar-refractivity contribution is -0.262. The Bertz CT molecular complexity index is 662. The van der Waals surface area contributed by atoms with Gasteiger partial charge in [-0.25, -0.2) is 0 Å². The zero-order valence-corrected chi connectivity index (χ0v) is 22.3. The van der Waals surface area contributed by atoms with Gasteiger partial charge in [0.1, 0.15) is 11.7 Å². The fourth-order valence-corrected chi connectivity index (χ4v) is 3.19. The molecule has 0 heterocycles. The number of hydrogen-bond acceptors (Lipinski definition) is 5. The lowest BCUT2D eigenvalue weighted by atomic mass is 9.77. The van der Waals surface area contributed by atoms with Crippen LogP contribution in [-0.4, -0.2) is 40.5 Å². The molecule has 8 heteroatoms. The van der Waals surface area contributed by atoms with Gasteiger partial charge in [-0.3, -0.25) is 9.59 Å². The van der Waals surface area contributed by atoms with Crippen LogP contribution >= 0.6 is 0 Å². The summed E-state index contributed by atoms with van der Waals surface area (Å²) in [6.07, 6.45) is -6.07. The molecule has 4 atom stereocenters. The second-order valence-corrected chi connectivity index (χ2v) is 11.8. The zero-order valence-electron chi connectivity index (χ0n) is 22.3. The molecule has 0 aliphatic heterocycles. The second-order valence-electron chi connectivity index (χ2n) is 11.8. The SMILES string of the molecule is CCC(C)(CC(C)C(=O)OC(C)(C)C(C)(C)C)C(=O)OC(CC(C)C)CC(C)(O)C(F)(F)F. The van der Waals surface area contributed by atoms with E-state index in [1.807, 2.05) is 34.6 Å². The minimum Gasteiger partial charge on any atom is -0.462 e. The van der Waals surface area contributed by atoms with Crippen LogP contribution in [0.4, 0.5) is 13.2 Å². The molecule has 4 unspecified atom stereocenters. The van der Waals surface area contributed by atoms with Crippen molar-refractivity contribution in [2.24, 2.45) is 22.7 Å².